The van der Waals surface area contributed by atoms with Crippen molar-refractivity contribution < 1.29 is 4.74 Å². The van der Waals surface area contributed by atoms with Crippen LogP contribution in [0.15, 0.2) is 46.9 Å². The number of ether oxygens (including phenoxy) is 1. The third-order valence-corrected chi connectivity index (χ3v) is 3.67. The molecule has 0 radical (unpaired) electrons. The molecule has 3 rings (SSSR count). The van der Waals surface area contributed by atoms with Gasteiger partial charge in [0.1, 0.15) is 12.4 Å². The maximum Gasteiger partial charge on any atom is 0.204 e. The van der Waals surface area contributed by atoms with Crippen LogP contribution in [-0.2, 0) is 6.61 Å². The first-order valence-electron chi connectivity index (χ1n) is 6.44. The number of hydrogen-bond donors (Lipinski definition) is 1. The number of aryl methyl sites for hydroxylation is 1. The van der Waals surface area contributed by atoms with Crippen LogP contribution in [0.3, 0.4) is 0 Å². The van der Waals surface area contributed by atoms with Gasteiger partial charge in [-0.25, -0.2) is 0 Å². The topological polar surface area (TPSA) is 63.7 Å². The number of benzene rings is 2. The van der Waals surface area contributed by atoms with Gasteiger partial charge in [0.15, 0.2) is 0 Å². The lowest BCUT2D eigenvalue weighted by molar-refractivity contribution is 0.304. The summed E-state index contributed by atoms with van der Waals surface area (Å²) < 4.78 is 6.68. The van der Waals surface area contributed by atoms with Crippen LogP contribution in [0.1, 0.15) is 11.1 Å². The summed E-state index contributed by atoms with van der Waals surface area (Å²) in [6, 6.07) is 14.0. The standard InChI is InChI=1S/C15H13BrN4O/c1-10-2-4-11(5-3-10)9-21-14-7-6-12(8-13(14)16)15-17-19-20-18-15/h2-8H,9H2,1H3,(H,17,18,19,20). The minimum Gasteiger partial charge on any atom is -0.488 e. The third-order valence-electron chi connectivity index (χ3n) is 3.05. The second-order valence-electron chi connectivity index (χ2n) is 4.65. The van der Waals surface area contributed by atoms with E-state index in [0.29, 0.717) is 12.4 Å². The molecule has 1 heterocycles. The fourth-order valence-corrected chi connectivity index (χ4v) is 2.38. The number of hydrogen-bond acceptors (Lipinski definition) is 4. The maximum absolute atomic E-state index is 5.82. The Labute approximate surface area is 130 Å². The Hall–Kier alpha value is -2.21. The van der Waals surface area contributed by atoms with Crippen LogP contribution in [-0.4, -0.2) is 20.6 Å². The maximum atomic E-state index is 5.82. The van der Waals surface area contributed by atoms with Gasteiger partial charge in [-0.15, -0.1) is 10.2 Å². The lowest BCUT2D eigenvalue weighted by atomic mass is 10.2. The first-order valence-corrected chi connectivity index (χ1v) is 7.23. The zero-order valence-corrected chi connectivity index (χ0v) is 13.0. The molecule has 0 unspecified atom stereocenters. The molecule has 0 amide bonds. The molecule has 5 nitrogen and oxygen atoms in total. The molecular formula is C15H13BrN4O. The number of H-pyrrole nitrogens is 1. The summed E-state index contributed by atoms with van der Waals surface area (Å²) in [4.78, 5) is 0. The number of halogens is 1. The molecule has 0 saturated carbocycles. The average Bonchev–Trinajstić information content (AvgIpc) is 3.02. The van der Waals surface area contributed by atoms with E-state index in [1.165, 1.54) is 5.56 Å². The van der Waals surface area contributed by atoms with E-state index in [0.717, 1.165) is 21.3 Å². The Balaban J connectivity index is 1.73. The number of nitrogens with one attached hydrogen (secondary N) is 1. The lowest BCUT2D eigenvalue weighted by Crippen LogP contribution is -1.96. The van der Waals surface area contributed by atoms with Gasteiger partial charge in [-0.1, -0.05) is 29.8 Å². The van der Waals surface area contributed by atoms with Gasteiger partial charge in [0.05, 0.1) is 4.47 Å². The van der Waals surface area contributed by atoms with E-state index >= 15 is 0 Å². The predicted octanol–water partition coefficient (Wildman–Crippen LogP) is 3.52. The largest absolute Gasteiger partial charge is 0.488 e. The summed E-state index contributed by atoms with van der Waals surface area (Å²) in [6.07, 6.45) is 0. The minimum atomic E-state index is 0.528. The molecule has 1 aromatic heterocycles. The van der Waals surface area contributed by atoms with Crippen LogP contribution in [0.25, 0.3) is 11.4 Å². The van der Waals surface area contributed by atoms with Gasteiger partial charge in [-0.2, -0.15) is 5.21 Å². The van der Waals surface area contributed by atoms with Crippen LogP contribution >= 0.6 is 15.9 Å². The number of tetrazole rings is 1. The Bertz CT molecular complexity index is 726. The highest BCUT2D eigenvalue weighted by molar-refractivity contribution is 9.10. The molecule has 0 aliphatic carbocycles. The van der Waals surface area contributed by atoms with Crippen molar-refractivity contribution in [1.82, 2.24) is 20.6 Å². The van der Waals surface area contributed by atoms with Crippen LogP contribution in [0.5, 0.6) is 5.75 Å². The van der Waals surface area contributed by atoms with Gasteiger partial charge in [-0.05, 0) is 51.8 Å². The first-order chi connectivity index (χ1) is 10.2. The smallest absolute Gasteiger partial charge is 0.204 e. The van der Waals surface area contributed by atoms with Crippen LogP contribution in [0.2, 0.25) is 0 Å². The molecule has 0 spiro atoms. The summed E-state index contributed by atoms with van der Waals surface area (Å²) in [6.45, 7) is 2.60. The summed E-state index contributed by atoms with van der Waals surface area (Å²) in [7, 11) is 0. The predicted molar refractivity (Wildman–Crippen MR) is 82.8 cm³/mol. The Kier molecular flexibility index (Phi) is 3.96. The molecule has 0 saturated heterocycles. The Morgan fingerprint density at radius 1 is 1.14 bits per heavy atom. The van der Waals surface area contributed by atoms with Crippen molar-refractivity contribution in [3.63, 3.8) is 0 Å². The van der Waals surface area contributed by atoms with Crippen LogP contribution in [0.4, 0.5) is 0 Å². The SMILES string of the molecule is Cc1ccc(COc2ccc(-c3nn[nH]n3)cc2Br)cc1. The molecule has 0 fully saturated rings. The van der Waals surface area contributed by atoms with E-state index < -0.39 is 0 Å². The van der Waals surface area contributed by atoms with Crippen molar-refractivity contribution in [2.75, 3.05) is 0 Å². The number of nitrogens with zero attached hydrogens (tertiary/aromatic N) is 3. The lowest BCUT2D eigenvalue weighted by Gasteiger charge is -2.09. The molecule has 1 N–H and O–H groups in total. The Morgan fingerprint density at radius 2 is 1.95 bits per heavy atom. The molecule has 6 heteroatoms. The van der Waals surface area contributed by atoms with Crippen molar-refractivity contribution in [2.24, 2.45) is 0 Å². The second kappa shape index (κ2) is 6.05. The Morgan fingerprint density at radius 3 is 2.62 bits per heavy atom. The van der Waals surface area contributed by atoms with Crippen molar-refractivity contribution in [3.05, 3.63) is 58.1 Å². The number of aromatic nitrogens is 4. The molecule has 0 bridgehead atoms. The fraction of sp³-hybridized carbons (Fsp3) is 0.133. The molecule has 0 aliphatic rings. The molecule has 106 valence electrons. The van der Waals surface area contributed by atoms with Gasteiger partial charge >= 0.3 is 0 Å². The summed E-state index contributed by atoms with van der Waals surface area (Å²) in [5.74, 6) is 1.34. The van der Waals surface area contributed by atoms with Gasteiger partial charge < -0.3 is 4.74 Å². The van der Waals surface area contributed by atoms with Crippen LogP contribution < -0.4 is 4.74 Å². The second-order valence-corrected chi connectivity index (χ2v) is 5.51. The van der Waals surface area contributed by atoms with E-state index in [9.17, 15) is 0 Å². The highest BCUT2D eigenvalue weighted by atomic mass is 79.9. The zero-order chi connectivity index (χ0) is 14.7. The molecular weight excluding hydrogens is 332 g/mol. The summed E-state index contributed by atoms with van der Waals surface area (Å²) >= 11 is 3.51. The van der Waals surface area contributed by atoms with E-state index in [1.807, 2.05) is 18.2 Å². The van der Waals surface area contributed by atoms with Gasteiger partial charge in [-0.3, -0.25) is 0 Å². The fourth-order valence-electron chi connectivity index (χ4n) is 1.89. The summed E-state index contributed by atoms with van der Waals surface area (Å²) in [5, 5.41) is 13.9. The van der Waals surface area contributed by atoms with E-state index in [-0.39, 0.29) is 0 Å². The molecule has 0 atom stereocenters. The average molecular weight is 345 g/mol. The molecule has 3 aromatic rings. The first kappa shape index (κ1) is 13.8. The van der Waals surface area contributed by atoms with Crippen molar-refractivity contribution in [2.45, 2.75) is 13.5 Å². The monoisotopic (exact) mass is 344 g/mol. The molecule has 0 aliphatic heterocycles. The van der Waals surface area contributed by atoms with Gasteiger partial charge in [0, 0.05) is 5.56 Å². The van der Waals surface area contributed by atoms with Gasteiger partial charge in [0.2, 0.25) is 5.82 Å². The molecule has 21 heavy (non-hydrogen) atoms. The van der Waals surface area contributed by atoms with E-state index in [1.54, 1.807) is 0 Å². The van der Waals surface area contributed by atoms with Crippen molar-refractivity contribution >= 4 is 15.9 Å². The quantitative estimate of drug-likeness (QED) is 0.786. The van der Waals surface area contributed by atoms with Crippen molar-refractivity contribution in [3.8, 4) is 17.1 Å². The normalized spacial score (nSPS) is 10.6. The van der Waals surface area contributed by atoms with E-state index in [4.69, 9.17) is 4.74 Å². The zero-order valence-electron chi connectivity index (χ0n) is 11.4. The third kappa shape index (κ3) is 3.28. The minimum absolute atomic E-state index is 0.528. The highest BCUT2D eigenvalue weighted by Crippen LogP contribution is 2.29. The van der Waals surface area contributed by atoms with Crippen molar-refractivity contribution in [1.29, 1.82) is 0 Å². The number of aromatic amines is 1. The summed E-state index contributed by atoms with van der Waals surface area (Å²) in [5.41, 5.74) is 3.25. The number of rotatable bonds is 4. The van der Waals surface area contributed by atoms with Gasteiger partial charge in [0.25, 0.3) is 0 Å². The van der Waals surface area contributed by atoms with E-state index in [2.05, 4.69) is 67.7 Å². The van der Waals surface area contributed by atoms with Crippen LogP contribution in [0, 0.1) is 6.92 Å². The molecule has 2 aromatic carbocycles. The highest BCUT2D eigenvalue weighted by Gasteiger charge is 2.07.